The molecule has 2 aliphatic heterocycles. The molecule has 2 aromatic rings. The van der Waals surface area contributed by atoms with Gasteiger partial charge in [0.25, 0.3) is 16.7 Å². The summed E-state index contributed by atoms with van der Waals surface area (Å²) in [4.78, 5) is 25.8. The van der Waals surface area contributed by atoms with Gasteiger partial charge < -0.3 is 10.2 Å². The van der Waals surface area contributed by atoms with Crippen LogP contribution in [0, 0.1) is 10.1 Å². The highest BCUT2D eigenvalue weighted by atomic mass is 32.2. The van der Waals surface area contributed by atoms with E-state index in [0.29, 0.717) is 16.2 Å². The summed E-state index contributed by atoms with van der Waals surface area (Å²) in [7, 11) is 5.59. The molecule has 2 unspecified atom stereocenters. The Morgan fingerprint density at radius 1 is 1.18 bits per heavy atom. The van der Waals surface area contributed by atoms with Gasteiger partial charge in [0.2, 0.25) is 0 Å². The standard InChI is InChI=1S/C22H25N7O3S/c1-15-19(14-26(2)3)20(30)23-22(27(4)24-15)28(17-8-6-5-7-9-17)25-21(33-22)16-10-12-18(13-11-16)29(31)32/h5-15,24H,1-4H3,(H,23,30)/b19-14+. The first-order chi connectivity index (χ1) is 15.7. The van der Waals surface area contributed by atoms with Crippen LogP contribution >= 0.6 is 11.8 Å². The number of hydrazone groups is 1. The molecule has 172 valence electrons. The van der Waals surface area contributed by atoms with Gasteiger partial charge >= 0.3 is 0 Å². The first kappa shape index (κ1) is 22.8. The molecule has 4 rings (SSSR count). The van der Waals surface area contributed by atoms with Crippen molar-refractivity contribution in [2.45, 2.75) is 18.1 Å². The molecular formula is C22H25N7O3S. The summed E-state index contributed by atoms with van der Waals surface area (Å²) < 4.78 is 0. The highest BCUT2D eigenvalue weighted by Gasteiger charge is 2.52. The predicted molar refractivity (Wildman–Crippen MR) is 129 cm³/mol. The fourth-order valence-corrected chi connectivity index (χ4v) is 4.90. The maximum Gasteiger partial charge on any atom is 0.269 e. The molecule has 0 bridgehead atoms. The van der Waals surface area contributed by atoms with E-state index in [1.54, 1.807) is 23.3 Å². The van der Waals surface area contributed by atoms with Gasteiger partial charge in [-0.2, -0.15) is 10.1 Å². The number of rotatable bonds is 4. The van der Waals surface area contributed by atoms with E-state index in [1.807, 2.05) is 68.3 Å². The number of nitrogens with zero attached hydrogens (tertiary/aromatic N) is 5. The zero-order valence-corrected chi connectivity index (χ0v) is 19.5. The SMILES string of the molecule is CC1NN(C)C2(NC(=O)/C1=C/N(C)C)SC(c1ccc([N+](=O)[O-])cc1)=NN2c1ccccc1. The van der Waals surface area contributed by atoms with Crippen LogP contribution in [0.25, 0.3) is 0 Å². The molecule has 0 saturated carbocycles. The van der Waals surface area contributed by atoms with E-state index in [1.165, 1.54) is 23.9 Å². The number of hydrazine groups is 1. The third kappa shape index (κ3) is 4.30. The van der Waals surface area contributed by atoms with E-state index >= 15 is 0 Å². The van der Waals surface area contributed by atoms with Gasteiger partial charge in [0.05, 0.1) is 22.2 Å². The van der Waals surface area contributed by atoms with Crippen LogP contribution in [-0.4, -0.2) is 58.1 Å². The Labute approximate surface area is 196 Å². The Balaban J connectivity index is 1.79. The van der Waals surface area contributed by atoms with Crippen molar-refractivity contribution in [3.63, 3.8) is 0 Å². The lowest BCUT2D eigenvalue weighted by atomic mass is 10.1. The van der Waals surface area contributed by atoms with E-state index in [4.69, 9.17) is 5.10 Å². The third-order valence-electron chi connectivity index (χ3n) is 5.29. The van der Waals surface area contributed by atoms with Gasteiger partial charge in [-0.25, -0.2) is 10.4 Å². The summed E-state index contributed by atoms with van der Waals surface area (Å²) in [6, 6.07) is 15.5. The molecule has 1 spiro atoms. The van der Waals surface area contributed by atoms with Crippen molar-refractivity contribution < 1.29 is 9.72 Å². The van der Waals surface area contributed by atoms with E-state index in [0.717, 1.165) is 5.69 Å². The van der Waals surface area contributed by atoms with Crippen LogP contribution < -0.4 is 15.8 Å². The van der Waals surface area contributed by atoms with Gasteiger partial charge in [0.1, 0.15) is 5.04 Å². The molecular weight excluding hydrogens is 442 g/mol. The Morgan fingerprint density at radius 3 is 2.45 bits per heavy atom. The number of anilines is 1. The van der Waals surface area contributed by atoms with Crippen molar-refractivity contribution in [2.75, 3.05) is 26.2 Å². The van der Waals surface area contributed by atoms with Crippen molar-refractivity contribution in [1.29, 1.82) is 0 Å². The Morgan fingerprint density at radius 2 is 1.85 bits per heavy atom. The molecule has 2 heterocycles. The summed E-state index contributed by atoms with van der Waals surface area (Å²) in [5, 5.41) is 22.2. The lowest BCUT2D eigenvalue weighted by Crippen LogP contribution is -2.66. The number of hydrogen-bond donors (Lipinski definition) is 2. The molecule has 2 atom stereocenters. The zero-order chi connectivity index (χ0) is 23.8. The molecule has 2 aliphatic rings. The maximum absolute atomic E-state index is 13.4. The van der Waals surface area contributed by atoms with Crippen molar-refractivity contribution >= 4 is 34.1 Å². The Bertz CT molecular complexity index is 1120. The second-order valence-corrected chi connectivity index (χ2v) is 9.14. The molecule has 11 heteroatoms. The van der Waals surface area contributed by atoms with E-state index in [2.05, 4.69) is 10.7 Å². The predicted octanol–water partition coefficient (Wildman–Crippen LogP) is 2.52. The van der Waals surface area contributed by atoms with E-state index < -0.39 is 10.0 Å². The largest absolute Gasteiger partial charge is 0.383 e. The second kappa shape index (κ2) is 8.85. The maximum atomic E-state index is 13.4. The average Bonchev–Trinajstić information content (AvgIpc) is 3.14. The number of amides is 1. The van der Waals surface area contributed by atoms with Gasteiger partial charge in [-0.05, 0) is 43.0 Å². The van der Waals surface area contributed by atoms with E-state index in [-0.39, 0.29) is 17.6 Å². The number of benzene rings is 2. The van der Waals surface area contributed by atoms with Crippen LogP contribution in [0.15, 0.2) is 71.5 Å². The van der Waals surface area contributed by atoms with Gasteiger partial charge in [-0.1, -0.05) is 18.2 Å². The lowest BCUT2D eigenvalue weighted by molar-refractivity contribution is -0.384. The third-order valence-corrected chi connectivity index (χ3v) is 6.63. The number of carbonyl (C=O) groups is 1. The number of carbonyl (C=O) groups excluding carboxylic acids is 1. The first-order valence-corrected chi connectivity index (χ1v) is 11.1. The molecule has 0 aliphatic carbocycles. The summed E-state index contributed by atoms with van der Waals surface area (Å²) in [6.07, 6.45) is 1.80. The second-order valence-electron chi connectivity index (χ2n) is 7.98. The van der Waals surface area contributed by atoms with Crippen molar-refractivity contribution in [2.24, 2.45) is 5.10 Å². The molecule has 2 N–H and O–H groups in total. The number of nitro groups is 1. The minimum Gasteiger partial charge on any atom is -0.383 e. The van der Waals surface area contributed by atoms with Crippen LogP contribution in [0.5, 0.6) is 0 Å². The average molecular weight is 468 g/mol. The summed E-state index contributed by atoms with van der Waals surface area (Å²) in [5.74, 6) is -0.221. The summed E-state index contributed by atoms with van der Waals surface area (Å²) in [6.45, 7) is 1.93. The number of thioether (sulfide) groups is 1. The van der Waals surface area contributed by atoms with Crippen molar-refractivity contribution in [3.8, 4) is 0 Å². The lowest BCUT2D eigenvalue weighted by Gasteiger charge is -2.42. The minimum atomic E-state index is -1.11. The van der Waals surface area contributed by atoms with Gasteiger partial charge in [-0.3, -0.25) is 14.9 Å². The topological polar surface area (TPSA) is 106 Å². The van der Waals surface area contributed by atoms with Crippen LogP contribution in [0.2, 0.25) is 0 Å². The molecule has 1 fully saturated rings. The highest BCUT2D eigenvalue weighted by Crippen LogP contribution is 2.43. The van der Waals surface area contributed by atoms with Crippen LogP contribution in [-0.2, 0) is 4.79 Å². The quantitative estimate of drug-likeness (QED) is 0.401. The Kier molecular flexibility index (Phi) is 6.11. The molecule has 1 amide bonds. The smallest absolute Gasteiger partial charge is 0.269 e. The molecule has 33 heavy (non-hydrogen) atoms. The first-order valence-electron chi connectivity index (χ1n) is 10.3. The molecule has 0 radical (unpaired) electrons. The Hall–Kier alpha value is -3.41. The highest BCUT2D eigenvalue weighted by molar-refractivity contribution is 8.15. The normalized spacial score (nSPS) is 24.5. The summed E-state index contributed by atoms with van der Waals surface area (Å²) >= 11 is 1.35. The van der Waals surface area contributed by atoms with E-state index in [9.17, 15) is 14.9 Å². The molecule has 10 nitrogen and oxygen atoms in total. The number of hydrogen-bond acceptors (Lipinski definition) is 9. The summed E-state index contributed by atoms with van der Waals surface area (Å²) in [5.41, 5.74) is 5.47. The van der Waals surface area contributed by atoms with Gasteiger partial charge in [0, 0.05) is 45.0 Å². The van der Waals surface area contributed by atoms with Crippen LogP contribution in [0.4, 0.5) is 11.4 Å². The minimum absolute atomic E-state index is 0.00539. The monoisotopic (exact) mass is 467 g/mol. The number of para-hydroxylation sites is 1. The number of nitro benzene ring substituents is 1. The van der Waals surface area contributed by atoms with Crippen molar-refractivity contribution in [1.82, 2.24) is 20.7 Å². The molecule has 0 aromatic heterocycles. The fourth-order valence-electron chi connectivity index (χ4n) is 3.69. The van der Waals surface area contributed by atoms with Gasteiger partial charge in [-0.15, -0.1) is 0 Å². The molecule has 1 saturated heterocycles. The zero-order valence-electron chi connectivity index (χ0n) is 18.7. The number of non-ortho nitro benzene ring substituents is 1. The fraction of sp³-hybridized carbons (Fsp3) is 0.273. The number of nitrogens with one attached hydrogen (secondary N) is 2. The van der Waals surface area contributed by atoms with Crippen molar-refractivity contribution in [3.05, 3.63) is 82.0 Å². The molecule has 2 aromatic carbocycles. The van der Waals surface area contributed by atoms with Crippen LogP contribution in [0.1, 0.15) is 12.5 Å². The van der Waals surface area contributed by atoms with Crippen LogP contribution in [0.3, 0.4) is 0 Å². The van der Waals surface area contributed by atoms with Gasteiger partial charge in [0.15, 0.2) is 0 Å².